The minimum Gasteiger partial charge on any atom is -0.480 e. The van der Waals surface area contributed by atoms with Gasteiger partial charge in [-0.05, 0) is 23.8 Å². The number of aromatic amines is 1. The zero-order chi connectivity index (χ0) is 17.4. The highest BCUT2D eigenvalue weighted by Crippen LogP contribution is 2.19. The average Bonchev–Trinajstić information content (AvgIpc) is 2.99. The van der Waals surface area contributed by atoms with E-state index in [4.69, 9.17) is 5.11 Å². The molecule has 3 rings (SSSR count). The minimum atomic E-state index is -1.04. The van der Waals surface area contributed by atoms with Gasteiger partial charge in [0.1, 0.15) is 6.04 Å². The smallest absolute Gasteiger partial charge is 0.326 e. The van der Waals surface area contributed by atoms with Crippen LogP contribution in [0.3, 0.4) is 0 Å². The molecule has 3 N–H and O–H groups in total. The molecule has 24 heavy (non-hydrogen) atoms. The first-order valence-electron chi connectivity index (χ1n) is 7.30. The summed E-state index contributed by atoms with van der Waals surface area (Å²) in [6, 6.07) is 16.7. The van der Waals surface area contributed by atoms with E-state index in [0.717, 1.165) is 20.9 Å². The Kier molecular flexibility index (Phi) is 6.57. The lowest BCUT2D eigenvalue weighted by atomic mass is 10.1. The van der Waals surface area contributed by atoms with Crippen molar-refractivity contribution in [2.45, 2.75) is 12.5 Å². The number of carbonyl (C=O) groups is 2. The highest BCUT2D eigenvalue weighted by Gasteiger charge is 2.18. The lowest BCUT2D eigenvalue weighted by Crippen LogP contribution is -2.37. The number of hydrogen-bond acceptors (Lipinski definition) is 2. The molecule has 5 nitrogen and oxygen atoms in total. The number of carboxylic acid groups (broad SMARTS) is 1. The van der Waals surface area contributed by atoms with Gasteiger partial charge in [0, 0.05) is 28.0 Å². The molecule has 0 fully saturated rings. The Morgan fingerprint density at radius 1 is 1.17 bits per heavy atom. The first kappa shape index (κ1) is 17.7. The van der Waals surface area contributed by atoms with Crippen molar-refractivity contribution in [3.63, 3.8) is 0 Å². The summed E-state index contributed by atoms with van der Waals surface area (Å²) in [4.78, 5) is 24.3. The number of carboxylic acids is 1. The molecule has 1 aromatic heterocycles. The van der Waals surface area contributed by atoms with E-state index in [0.29, 0.717) is 6.41 Å². The fraction of sp³-hybridized carbons (Fsp3) is 0.111. The topological polar surface area (TPSA) is 82.2 Å². The van der Waals surface area contributed by atoms with Gasteiger partial charge in [0.25, 0.3) is 0 Å². The number of hydrogen-bond donors (Lipinski definition) is 3. The number of nitrogens with one attached hydrogen (secondary N) is 2. The Balaban J connectivity index is 0.000000249. The fourth-order valence-corrected chi connectivity index (χ4v) is 2.54. The van der Waals surface area contributed by atoms with Crippen molar-refractivity contribution < 1.29 is 14.7 Å². The van der Waals surface area contributed by atoms with Crippen LogP contribution in [0.25, 0.3) is 10.9 Å². The van der Waals surface area contributed by atoms with Gasteiger partial charge in [-0.25, -0.2) is 4.79 Å². The van der Waals surface area contributed by atoms with E-state index in [-0.39, 0.29) is 6.42 Å². The van der Waals surface area contributed by atoms with Gasteiger partial charge in [-0.15, -0.1) is 0 Å². The van der Waals surface area contributed by atoms with Crippen LogP contribution >= 0.6 is 15.9 Å². The molecule has 124 valence electrons. The van der Waals surface area contributed by atoms with Crippen molar-refractivity contribution in [2.24, 2.45) is 0 Å². The molecule has 0 aliphatic rings. The summed E-state index contributed by atoms with van der Waals surface area (Å²) in [5.74, 6) is -1.04. The Hall–Kier alpha value is -2.60. The van der Waals surface area contributed by atoms with Gasteiger partial charge in [-0.3, -0.25) is 4.79 Å². The predicted molar refractivity (Wildman–Crippen MR) is 96.8 cm³/mol. The van der Waals surface area contributed by atoms with Crippen LogP contribution in [-0.2, 0) is 16.0 Å². The molecule has 3 aromatic rings. The van der Waals surface area contributed by atoms with Gasteiger partial charge in [-0.1, -0.05) is 52.3 Å². The van der Waals surface area contributed by atoms with E-state index in [9.17, 15) is 9.59 Å². The Morgan fingerprint density at radius 2 is 1.83 bits per heavy atom. The molecule has 0 bridgehead atoms. The molecular weight excluding hydrogens is 372 g/mol. The number of para-hydroxylation sites is 1. The van der Waals surface area contributed by atoms with Crippen LogP contribution in [0.15, 0.2) is 65.3 Å². The van der Waals surface area contributed by atoms with Crippen LogP contribution in [0.2, 0.25) is 0 Å². The first-order chi connectivity index (χ1) is 11.6. The summed E-state index contributed by atoms with van der Waals surface area (Å²) in [6.45, 7) is 0. The molecule has 1 unspecified atom stereocenters. The molecule has 0 spiro atoms. The van der Waals surface area contributed by atoms with Gasteiger partial charge in [0.2, 0.25) is 6.41 Å². The van der Waals surface area contributed by atoms with Crippen LogP contribution in [0.5, 0.6) is 0 Å². The van der Waals surface area contributed by atoms with Crippen LogP contribution in [0, 0.1) is 0 Å². The quantitative estimate of drug-likeness (QED) is 0.586. The Bertz CT molecular complexity index is 802. The number of fused-ring (bicyclic) bond motifs is 1. The Labute approximate surface area is 147 Å². The van der Waals surface area contributed by atoms with E-state index in [1.165, 1.54) is 0 Å². The lowest BCUT2D eigenvalue weighted by Gasteiger charge is -2.09. The van der Waals surface area contributed by atoms with E-state index in [1.54, 1.807) is 6.20 Å². The number of amides is 1. The molecule has 0 saturated heterocycles. The number of aromatic nitrogens is 1. The van der Waals surface area contributed by atoms with E-state index in [1.807, 2.05) is 54.6 Å². The molecule has 6 heteroatoms. The summed E-state index contributed by atoms with van der Waals surface area (Å²) >= 11 is 3.31. The second-order valence-electron chi connectivity index (χ2n) is 5.03. The third-order valence-electron chi connectivity index (χ3n) is 3.40. The highest BCUT2D eigenvalue weighted by molar-refractivity contribution is 9.10. The molecule has 0 radical (unpaired) electrons. The SMILES string of the molecule is Brc1ccccc1.O=CNC(Cc1c[nH]c2ccccc12)C(=O)O. The molecule has 0 aliphatic heterocycles. The maximum Gasteiger partial charge on any atom is 0.326 e. The zero-order valence-corrected chi connectivity index (χ0v) is 14.4. The van der Waals surface area contributed by atoms with Gasteiger partial charge in [0.15, 0.2) is 0 Å². The molecule has 0 saturated carbocycles. The third kappa shape index (κ3) is 4.96. The van der Waals surface area contributed by atoms with Crippen LogP contribution in [-0.4, -0.2) is 28.5 Å². The second-order valence-corrected chi connectivity index (χ2v) is 5.95. The van der Waals surface area contributed by atoms with Crippen molar-refractivity contribution in [3.8, 4) is 0 Å². The van der Waals surface area contributed by atoms with Crippen LogP contribution in [0.4, 0.5) is 0 Å². The van der Waals surface area contributed by atoms with Crippen LogP contribution < -0.4 is 5.32 Å². The van der Waals surface area contributed by atoms with E-state index >= 15 is 0 Å². The van der Waals surface area contributed by atoms with Gasteiger partial charge in [-0.2, -0.15) is 0 Å². The first-order valence-corrected chi connectivity index (χ1v) is 8.09. The van der Waals surface area contributed by atoms with Crippen molar-refractivity contribution in [2.75, 3.05) is 0 Å². The number of halogens is 1. The monoisotopic (exact) mass is 388 g/mol. The van der Waals surface area contributed by atoms with Crippen molar-refractivity contribution >= 4 is 39.2 Å². The van der Waals surface area contributed by atoms with Gasteiger partial charge >= 0.3 is 5.97 Å². The van der Waals surface area contributed by atoms with Crippen molar-refractivity contribution in [1.82, 2.24) is 10.3 Å². The summed E-state index contributed by atoms with van der Waals surface area (Å²) in [6.07, 6.45) is 2.44. The standard InChI is InChI=1S/C12H12N2O3.C6H5Br/c15-7-14-11(12(16)17)5-8-6-13-10-4-2-1-3-9(8)10;7-6-4-2-1-3-5-6/h1-4,6-7,11,13H,5H2,(H,14,15)(H,16,17);1-5H. The molecular formula is C18H17BrN2O3. The second kappa shape index (κ2) is 8.88. The number of carbonyl (C=O) groups excluding carboxylic acids is 1. The fourth-order valence-electron chi connectivity index (χ4n) is 2.23. The number of benzene rings is 2. The minimum absolute atomic E-state index is 0.262. The highest BCUT2D eigenvalue weighted by atomic mass is 79.9. The lowest BCUT2D eigenvalue weighted by molar-refractivity contribution is -0.140. The summed E-state index contributed by atoms with van der Waals surface area (Å²) < 4.78 is 1.13. The van der Waals surface area contributed by atoms with E-state index in [2.05, 4.69) is 26.2 Å². The summed E-state index contributed by atoms with van der Waals surface area (Å²) in [7, 11) is 0. The van der Waals surface area contributed by atoms with Gasteiger partial charge in [0.05, 0.1) is 0 Å². The van der Waals surface area contributed by atoms with Crippen molar-refractivity contribution in [3.05, 3.63) is 70.8 Å². The predicted octanol–water partition coefficient (Wildman–Crippen LogP) is 3.36. The normalized spacial score (nSPS) is 11.2. The van der Waals surface area contributed by atoms with Gasteiger partial charge < -0.3 is 15.4 Å². The molecule has 1 amide bonds. The number of H-pyrrole nitrogens is 1. The summed E-state index contributed by atoms with van der Waals surface area (Å²) in [5.41, 5.74) is 1.83. The average molecular weight is 389 g/mol. The van der Waals surface area contributed by atoms with Crippen LogP contribution in [0.1, 0.15) is 5.56 Å². The Morgan fingerprint density at radius 3 is 2.42 bits per heavy atom. The maximum absolute atomic E-state index is 10.9. The number of rotatable bonds is 5. The molecule has 1 heterocycles. The summed E-state index contributed by atoms with van der Waals surface area (Å²) in [5, 5.41) is 12.2. The maximum atomic E-state index is 10.9. The largest absolute Gasteiger partial charge is 0.480 e. The molecule has 2 aromatic carbocycles. The number of aliphatic carboxylic acids is 1. The van der Waals surface area contributed by atoms with E-state index < -0.39 is 12.0 Å². The molecule has 1 atom stereocenters. The zero-order valence-electron chi connectivity index (χ0n) is 12.8. The molecule has 0 aliphatic carbocycles. The van der Waals surface area contributed by atoms with Crippen molar-refractivity contribution in [1.29, 1.82) is 0 Å². The third-order valence-corrected chi connectivity index (χ3v) is 3.93.